The van der Waals surface area contributed by atoms with Crippen LogP contribution in [-0.4, -0.2) is 33.2 Å². The summed E-state index contributed by atoms with van der Waals surface area (Å²) in [7, 11) is -3.84. The van der Waals surface area contributed by atoms with Crippen molar-refractivity contribution in [1.82, 2.24) is 5.32 Å². The van der Waals surface area contributed by atoms with E-state index in [2.05, 4.69) is 11.4 Å². The van der Waals surface area contributed by atoms with E-state index in [0.29, 0.717) is 6.54 Å². The molecule has 0 heterocycles. The summed E-state index contributed by atoms with van der Waals surface area (Å²) in [5, 5.41) is 2.79. The average molecular weight is 407 g/mol. The van der Waals surface area contributed by atoms with E-state index in [-0.39, 0.29) is 12.1 Å². The Kier molecular flexibility index (Phi) is 7.57. The van der Waals surface area contributed by atoms with Gasteiger partial charge in [0.1, 0.15) is 11.9 Å². The summed E-state index contributed by atoms with van der Waals surface area (Å²) in [4.78, 5) is 12.7. The molecule has 7 heteroatoms. The van der Waals surface area contributed by atoms with Gasteiger partial charge < -0.3 is 5.32 Å². The number of benzene rings is 2. The first-order valence-corrected chi connectivity index (χ1v) is 11.2. The number of carbonyl (C=O) groups excluding carboxylic acids is 1. The van der Waals surface area contributed by atoms with Crippen LogP contribution in [0, 0.1) is 12.7 Å². The van der Waals surface area contributed by atoms with Gasteiger partial charge in [-0.25, -0.2) is 12.8 Å². The van der Waals surface area contributed by atoms with Crippen LogP contribution in [0.5, 0.6) is 0 Å². The number of nitrogens with zero attached hydrogens (tertiary/aromatic N) is 1. The van der Waals surface area contributed by atoms with Gasteiger partial charge in [0.05, 0.1) is 11.9 Å². The summed E-state index contributed by atoms with van der Waals surface area (Å²) in [6.07, 6.45) is 2.74. The Morgan fingerprint density at radius 3 is 2.50 bits per heavy atom. The molecule has 0 aliphatic heterocycles. The number of sulfonamides is 1. The number of nitrogens with one attached hydrogen (secondary N) is 1. The SMILES string of the molecule is CC[C@@H](C(=O)NCCCc1cccc(C)c1)N(c1ccccc1F)S(C)(=O)=O. The zero-order chi connectivity index (χ0) is 20.7. The summed E-state index contributed by atoms with van der Waals surface area (Å²) < 4.78 is 39.7. The van der Waals surface area contributed by atoms with E-state index in [1.807, 2.05) is 25.1 Å². The second kappa shape index (κ2) is 9.68. The third-order valence-corrected chi connectivity index (χ3v) is 5.61. The number of para-hydroxylation sites is 1. The Morgan fingerprint density at radius 1 is 1.18 bits per heavy atom. The molecule has 2 aromatic carbocycles. The van der Waals surface area contributed by atoms with Crippen molar-refractivity contribution in [3.8, 4) is 0 Å². The molecule has 0 saturated carbocycles. The van der Waals surface area contributed by atoms with Crippen LogP contribution < -0.4 is 9.62 Å². The fourth-order valence-electron chi connectivity index (χ4n) is 3.16. The van der Waals surface area contributed by atoms with Gasteiger partial charge in [-0.05, 0) is 43.9 Å². The Balaban J connectivity index is 2.06. The Hall–Kier alpha value is -2.41. The maximum Gasteiger partial charge on any atom is 0.243 e. The molecule has 5 nitrogen and oxygen atoms in total. The van der Waals surface area contributed by atoms with Crippen LogP contribution in [0.3, 0.4) is 0 Å². The van der Waals surface area contributed by atoms with E-state index in [9.17, 15) is 17.6 Å². The fourth-order valence-corrected chi connectivity index (χ4v) is 4.37. The standard InChI is InChI=1S/C21H27FN2O3S/c1-4-19(24(28(3,26)27)20-13-6-5-12-18(20)22)21(25)23-14-8-11-17-10-7-9-16(2)15-17/h5-7,9-10,12-13,15,19H,4,8,11,14H2,1-3H3,(H,23,25)/t19-/m0/s1. The van der Waals surface area contributed by atoms with Gasteiger partial charge in [0.15, 0.2) is 0 Å². The lowest BCUT2D eigenvalue weighted by molar-refractivity contribution is -0.122. The molecule has 0 fully saturated rings. The lowest BCUT2D eigenvalue weighted by atomic mass is 10.1. The van der Waals surface area contributed by atoms with E-state index in [1.165, 1.54) is 29.3 Å². The van der Waals surface area contributed by atoms with Crippen LogP contribution in [0.1, 0.15) is 30.9 Å². The molecular formula is C21H27FN2O3S. The molecule has 2 aromatic rings. The number of aryl methyl sites for hydroxylation is 2. The normalized spacial score (nSPS) is 12.4. The minimum Gasteiger partial charge on any atom is -0.354 e. The van der Waals surface area contributed by atoms with Crippen LogP contribution >= 0.6 is 0 Å². The predicted molar refractivity (Wildman–Crippen MR) is 110 cm³/mol. The summed E-state index contributed by atoms with van der Waals surface area (Å²) in [6.45, 7) is 4.15. The molecule has 1 N–H and O–H groups in total. The Bertz CT molecular complexity index is 915. The molecule has 1 atom stereocenters. The van der Waals surface area contributed by atoms with Crippen LogP contribution in [-0.2, 0) is 21.2 Å². The highest BCUT2D eigenvalue weighted by atomic mass is 32.2. The zero-order valence-electron chi connectivity index (χ0n) is 16.5. The van der Waals surface area contributed by atoms with Gasteiger partial charge in [-0.3, -0.25) is 9.10 Å². The third kappa shape index (κ3) is 5.79. The molecule has 152 valence electrons. The molecule has 0 radical (unpaired) electrons. The van der Waals surface area contributed by atoms with Crippen molar-refractivity contribution in [1.29, 1.82) is 0 Å². The first-order valence-electron chi connectivity index (χ1n) is 9.31. The minimum absolute atomic E-state index is 0.119. The molecule has 0 unspecified atom stereocenters. The second-order valence-corrected chi connectivity index (χ2v) is 8.68. The molecule has 1 amide bonds. The number of amides is 1. The van der Waals surface area contributed by atoms with Gasteiger partial charge in [0.25, 0.3) is 0 Å². The van der Waals surface area contributed by atoms with Crippen molar-refractivity contribution < 1.29 is 17.6 Å². The Morgan fingerprint density at radius 2 is 1.89 bits per heavy atom. The largest absolute Gasteiger partial charge is 0.354 e. The van der Waals surface area contributed by atoms with Crippen molar-refractivity contribution in [2.45, 2.75) is 39.2 Å². The van der Waals surface area contributed by atoms with Crippen LogP contribution in [0.2, 0.25) is 0 Å². The van der Waals surface area contributed by atoms with Crippen LogP contribution in [0.15, 0.2) is 48.5 Å². The third-order valence-electron chi connectivity index (χ3n) is 4.44. The van der Waals surface area contributed by atoms with Gasteiger partial charge >= 0.3 is 0 Å². The first kappa shape index (κ1) is 21.9. The maximum atomic E-state index is 14.2. The molecule has 0 aliphatic rings. The summed E-state index contributed by atoms with van der Waals surface area (Å²) >= 11 is 0. The highest BCUT2D eigenvalue weighted by molar-refractivity contribution is 7.92. The van der Waals surface area contributed by atoms with Gasteiger partial charge in [-0.1, -0.05) is 48.9 Å². The molecule has 0 bridgehead atoms. The fraction of sp³-hybridized carbons (Fsp3) is 0.381. The molecule has 0 spiro atoms. The van der Waals surface area contributed by atoms with Gasteiger partial charge in [-0.15, -0.1) is 0 Å². The van der Waals surface area contributed by atoms with E-state index in [0.717, 1.165) is 23.4 Å². The minimum atomic E-state index is -3.84. The number of carbonyl (C=O) groups is 1. The number of halogens is 1. The van der Waals surface area contributed by atoms with Gasteiger partial charge in [0, 0.05) is 6.54 Å². The number of rotatable bonds is 9. The summed E-state index contributed by atoms with van der Waals surface area (Å²) in [5.74, 6) is -1.11. The van der Waals surface area contributed by atoms with Gasteiger partial charge in [0.2, 0.25) is 15.9 Å². The lowest BCUT2D eigenvalue weighted by Gasteiger charge is -2.30. The van der Waals surface area contributed by atoms with Crippen LogP contribution in [0.25, 0.3) is 0 Å². The Labute approximate surface area is 166 Å². The predicted octanol–water partition coefficient (Wildman–Crippen LogP) is 3.43. The zero-order valence-corrected chi connectivity index (χ0v) is 17.3. The summed E-state index contributed by atoms with van der Waals surface area (Å²) in [5.41, 5.74) is 2.25. The monoisotopic (exact) mass is 406 g/mol. The summed E-state index contributed by atoms with van der Waals surface area (Å²) in [6, 6.07) is 12.7. The van der Waals surface area contributed by atoms with Crippen molar-refractivity contribution >= 4 is 21.6 Å². The van der Waals surface area contributed by atoms with E-state index in [1.54, 1.807) is 13.0 Å². The van der Waals surface area contributed by atoms with Crippen molar-refractivity contribution in [2.24, 2.45) is 0 Å². The van der Waals surface area contributed by atoms with Crippen molar-refractivity contribution in [3.05, 3.63) is 65.5 Å². The topological polar surface area (TPSA) is 66.5 Å². The molecular weight excluding hydrogens is 379 g/mol. The van der Waals surface area contributed by atoms with Crippen LogP contribution in [0.4, 0.5) is 10.1 Å². The first-order chi connectivity index (χ1) is 13.2. The number of anilines is 1. The highest BCUT2D eigenvalue weighted by Crippen LogP contribution is 2.25. The number of hydrogen-bond acceptors (Lipinski definition) is 3. The van der Waals surface area contributed by atoms with Crippen molar-refractivity contribution in [3.63, 3.8) is 0 Å². The van der Waals surface area contributed by atoms with E-state index in [4.69, 9.17) is 0 Å². The highest BCUT2D eigenvalue weighted by Gasteiger charge is 2.32. The molecule has 2 rings (SSSR count). The lowest BCUT2D eigenvalue weighted by Crippen LogP contribution is -2.49. The smallest absolute Gasteiger partial charge is 0.243 e. The average Bonchev–Trinajstić information content (AvgIpc) is 2.63. The second-order valence-electron chi connectivity index (χ2n) is 6.82. The van der Waals surface area contributed by atoms with Crippen molar-refractivity contribution in [2.75, 3.05) is 17.1 Å². The molecule has 28 heavy (non-hydrogen) atoms. The molecule has 0 saturated heterocycles. The van der Waals surface area contributed by atoms with E-state index < -0.39 is 27.8 Å². The molecule has 0 aromatic heterocycles. The van der Waals surface area contributed by atoms with E-state index >= 15 is 0 Å². The quantitative estimate of drug-likeness (QED) is 0.649. The maximum absolute atomic E-state index is 14.2. The molecule has 0 aliphatic carbocycles. The van der Waals surface area contributed by atoms with Gasteiger partial charge in [-0.2, -0.15) is 0 Å². The number of hydrogen-bond donors (Lipinski definition) is 1.